The van der Waals surface area contributed by atoms with Gasteiger partial charge < -0.3 is 10.0 Å². The molecule has 0 aliphatic carbocycles. The summed E-state index contributed by atoms with van der Waals surface area (Å²) in [6, 6.07) is 1.37. The number of amides is 1. The number of aliphatic hydroxyl groups is 1. The number of carbonyl (C=O) groups is 1. The predicted molar refractivity (Wildman–Crippen MR) is 68.7 cm³/mol. The third-order valence-corrected chi connectivity index (χ3v) is 3.69. The van der Waals surface area contributed by atoms with Crippen molar-refractivity contribution in [1.82, 2.24) is 4.90 Å². The molecular formula is C13H14F2N2O4. The normalized spacial score (nSPS) is 22.2. The van der Waals surface area contributed by atoms with Crippen molar-refractivity contribution in [2.75, 3.05) is 13.1 Å². The number of carbonyl (C=O) groups excluding carboxylic acids is 1. The van der Waals surface area contributed by atoms with Gasteiger partial charge in [0.2, 0.25) is 5.82 Å². The van der Waals surface area contributed by atoms with Crippen LogP contribution in [-0.2, 0) is 0 Å². The molecule has 6 nitrogen and oxygen atoms in total. The highest BCUT2D eigenvalue weighted by atomic mass is 19.1. The van der Waals surface area contributed by atoms with E-state index in [-0.39, 0.29) is 19.0 Å². The van der Waals surface area contributed by atoms with Crippen molar-refractivity contribution in [3.8, 4) is 0 Å². The molecule has 0 aromatic heterocycles. The van der Waals surface area contributed by atoms with Gasteiger partial charge in [0, 0.05) is 19.2 Å². The SMILES string of the molecule is CC1CCN(C(=O)c2c(F)ccc([N+](=O)[O-])c2F)CC1O. The number of β-amino-alcohol motifs (C(OH)–C–C–N with tert-alkyl or cyclic N) is 1. The fourth-order valence-corrected chi connectivity index (χ4v) is 2.27. The lowest BCUT2D eigenvalue weighted by molar-refractivity contribution is -0.387. The third kappa shape index (κ3) is 2.85. The van der Waals surface area contributed by atoms with Crippen LogP contribution >= 0.6 is 0 Å². The molecule has 1 fully saturated rings. The van der Waals surface area contributed by atoms with Crippen molar-refractivity contribution in [2.24, 2.45) is 5.92 Å². The topological polar surface area (TPSA) is 83.7 Å². The summed E-state index contributed by atoms with van der Waals surface area (Å²) in [5, 5.41) is 20.4. The highest BCUT2D eigenvalue weighted by Gasteiger charge is 2.33. The molecular weight excluding hydrogens is 286 g/mol. The Morgan fingerprint density at radius 1 is 1.48 bits per heavy atom. The van der Waals surface area contributed by atoms with Gasteiger partial charge in [-0.05, 0) is 18.4 Å². The van der Waals surface area contributed by atoms with Crippen molar-refractivity contribution in [3.05, 3.63) is 39.4 Å². The molecule has 8 heteroatoms. The molecule has 0 bridgehead atoms. The lowest BCUT2D eigenvalue weighted by Gasteiger charge is -2.34. The summed E-state index contributed by atoms with van der Waals surface area (Å²) >= 11 is 0. The van der Waals surface area contributed by atoms with E-state index in [1.54, 1.807) is 6.92 Å². The molecule has 1 saturated heterocycles. The quantitative estimate of drug-likeness (QED) is 0.666. The van der Waals surface area contributed by atoms with Gasteiger partial charge in [0.25, 0.3) is 5.91 Å². The van der Waals surface area contributed by atoms with E-state index in [1.165, 1.54) is 0 Å². The van der Waals surface area contributed by atoms with E-state index in [0.29, 0.717) is 18.6 Å². The molecule has 21 heavy (non-hydrogen) atoms. The van der Waals surface area contributed by atoms with Crippen LogP contribution in [0.25, 0.3) is 0 Å². The van der Waals surface area contributed by atoms with Gasteiger partial charge in [0.05, 0.1) is 11.0 Å². The highest BCUT2D eigenvalue weighted by molar-refractivity contribution is 5.95. The first-order chi connectivity index (χ1) is 9.82. The number of nitrogens with zero attached hydrogens (tertiary/aromatic N) is 2. The van der Waals surface area contributed by atoms with Crippen LogP contribution in [0.4, 0.5) is 14.5 Å². The van der Waals surface area contributed by atoms with E-state index in [9.17, 15) is 28.8 Å². The number of hydrogen-bond donors (Lipinski definition) is 1. The molecule has 1 heterocycles. The molecule has 1 aliphatic rings. The molecule has 2 rings (SSSR count). The number of nitro benzene ring substituents is 1. The lowest BCUT2D eigenvalue weighted by atomic mass is 9.95. The number of likely N-dealkylation sites (tertiary alicyclic amines) is 1. The van der Waals surface area contributed by atoms with Gasteiger partial charge in [-0.25, -0.2) is 4.39 Å². The summed E-state index contributed by atoms with van der Waals surface area (Å²) in [4.78, 5) is 22.9. The van der Waals surface area contributed by atoms with Crippen molar-refractivity contribution in [3.63, 3.8) is 0 Å². The van der Waals surface area contributed by atoms with E-state index < -0.39 is 39.8 Å². The van der Waals surface area contributed by atoms with Gasteiger partial charge in [-0.15, -0.1) is 0 Å². The number of piperidine rings is 1. The van der Waals surface area contributed by atoms with Crippen LogP contribution in [0.2, 0.25) is 0 Å². The zero-order chi connectivity index (χ0) is 15.7. The largest absolute Gasteiger partial charge is 0.391 e. The number of rotatable bonds is 2. The number of benzene rings is 1. The minimum absolute atomic E-state index is 0.0196. The third-order valence-electron chi connectivity index (χ3n) is 3.69. The summed E-state index contributed by atoms with van der Waals surface area (Å²) < 4.78 is 27.7. The summed E-state index contributed by atoms with van der Waals surface area (Å²) in [5.74, 6) is -3.65. The van der Waals surface area contributed by atoms with Crippen LogP contribution in [0.15, 0.2) is 12.1 Å². The average molecular weight is 300 g/mol. The van der Waals surface area contributed by atoms with Crippen LogP contribution in [0, 0.1) is 27.7 Å². The molecule has 1 N–H and O–H groups in total. The van der Waals surface area contributed by atoms with Gasteiger partial charge in [-0.1, -0.05) is 6.92 Å². The van der Waals surface area contributed by atoms with Crippen LogP contribution in [0.1, 0.15) is 23.7 Å². The van der Waals surface area contributed by atoms with Gasteiger partial charge in [0.15, 0.2) is 0 Å². The van der Waals surface area contributed by atoms with E-state index in [0.717, 1.165) is 4.90 Å². The summed E-state index contributed by atoms with van der Waals surface area (Å²) in [7, 11) is 0. The molecule has 2 atom stereocenters. The Bertz CT molecular complexity index is 594. The minimum Gasteiger partial charge on any atom is -0.391 e. The second-order valence-corrected chi connectivity index (χ2v) is 5.10. The van der Waals surface area contributed by atoms with Crippen molar-refractivity contribution in [1.29, 1.82) is 0 Å². The summed E-state index contributed by atoms with van der Waals surface area (Å²) in [5.41, 5.74) is -1.91. The highest BCUT2D eigenvalue weighted by Crippen LogP contribution is 2.26. The standard InChI is InChI=1S/C13H14F2N2O4/c1-7-4-5-16(6-10(7)18)13(19)11-8(14)2-3-9(12(11)15)17(20)21/h2-3,7,10,18H,4-6H2,1H3. The Labute approximate surface area is 119 Å². The van der Waals surface area contributed by atoms with Crippen molar-refractivity contribution < 1.29 is 23.6 Å². The maximum absolute atomic E-state index is 14.0. The second-order valence-electron chi connectivity index (χ2n) is 5.10. The van der Waals surface area contributed by atoms with Crippen molar-refractivity contribution in [2.45, 2.75) is 19.4 Å². The Kier molecular flexibility index (Phi) is 4.17. The molecule has 1 aromatic rings. The molecule has 114 valence electrons. The molecule has 2 unspecified atom stereocenters. The Morgan fingerprint density at radius 3 is 2.71 bits per heavy atom. The predicted octanol–water partition coefficient (Wildman–Crippen LogP) is 1.72. The number of aliphatic hydroxyl groups excluding tert-OH is 1. The average Bonchev–Trinajstić information content (AvgIpc) is 2.41. The molecule has 1 aromatic carbocycles. The number of nitro groups is 1. The van der Waals surface area contributed by atoms with E-state index in [1.807, 2.05) is 0 Å². The Morgan fingerprint density at radius 2 is 2.14 bits per heavy atom. The summed E-state index contributed by atoms with van der Waals surface area (Å²) in [6.07, 6.45) is -0.294. The molecule has 1 aliphatic heterocycles. The molecule has 0 spiro atoms. The monoisotopic (exact) mass is 300 g/mol. The smallest absolute Gasteiger partial charge is 0.305 e. The van der Waals surface area contributed by atoms with Gasteiger partial charge >= 0.3 is 5.69 Å². The first-order valence-corrected chi connectivity index (χ1v) is 6.42. The zero-order valence-corrected chi connectivity index (χ0v) is 11.3. The molecule has 0 saturated carbocycles. The maximum Gasteiger partial charge on any atom is 0.305 e. The van der Waals surface area contributed by atoms with Crippen LogP contribution < -0.4 is 0 Å². The Hall–Kier alpha value is -2.09. The van der Waals surface area contributed by atoms with E-state index >= 15 is 0 Å². The molecule has 1 amide bonds. The summed E-state index contributed by atoms with van der Waals surface area (Å²) in [6.45, 7) is 1.99. The lowest BCUT2D eigenvalue weighted by Crippen LogP contribution is -2.46. The van der Waals surface area contributed by atoms with Gasteiger partial charge in [-0.3, -0.25) is 14.9 Å². The zero-order valence-electron chi connectivity index (χ0n) is 11.3. The minimum atomic E-state index is -1.49. The fourth-order valence-electron chi connectivity index (χ4n) is 2.27. The number of hydrogen-bond acceptors (Lipinski definition) is 4. The van der Waals surface area contributed by atoms with Gasteiger partial charge in [-0.2, -0.15) is 4.39 Å². The number of halogens is 2. The first-order valence-electron chi connectivity index (χ1n) is 6.42. The van der Waals surface area contributed by atoms with Crippen molar-refractivity contribution >= 4 is 11.6 Å². The van der Waals surface area contributed by atoms with Crippen LogP contribution in [0.3, 0.4) is 0 Å². The van der Waals surface area contributed by atoms with E-state index in [4.69, 9.17) is 0 Å². The maximum atomic E-state index is 14.0. The fraction of sp³-hybridized carbons (Fsp3) is 0.462. The second kappa shape index (κ2) is 5.72. The molecule has 0 radical (unpaired) electrons. The van der Waals surface area contributed by atoms with Crippen LogP contribution in [-0.4, -0.2) is 40.0 Å². The van der Waals surface area contributed by atoms with Gasteiger partial charge in [0.1, 0.15) is 11.4 Å². The first kappa shape index (κ1) is 15.3. The van der Waals surface area contributed by atoms with Crippen LogP contribution in [0.5, 0.6) is 0 Å². The Balaban J connectivity index is 2.35. The van der Waals surface area contributed by atoms with E-state index in [2.05, 4.69) is 0 Å².